The lowest BCUT2D eigenvalue weighted by molar-refractivity contribution is -0.187. The van der Waals surface area contributed by atoms with Gasteiger partial charge in [-0.25, -0.2) is 0 Å². The third kappa shape index (κ3) is 2.35. The van der Waals surface area contributed by atoms with Gasteiger partial charge in [0.1, 0.15) is 5.60 Å². The van der Waals surface area contributed by atoms with Crippen LogP contribution in [0.25, 0.3) is 0 Å². The first-order chi connectivity index (χ1) is 13.3. The van der Waals surface area contributed by atoms with Gasteiger partial charge in [-0.05, 0) is 75.5 Å². The minimum Gasteiger partial charge on any atom is -0.377 e. The predicted molar refractivity (Wildman–Crippen MR) is 109 cm³/mol. The van der Waals surface area contributed by atoms with Crippen molar-refractivity contribution in [3.63, 3.8) is 0 Å². The van der Waals surface area contributed by atoms with Crippen LogP contribution in [0.4, 0.5) is 0 Å². The molecular weight excluding hydrogens is 348 g/mol. The maximum Gasteiger partial charge on any atom is 0.172 e. The van der Waals surface area contributed by atoms with Crippen LogP contribution in [0.3, 0.4) is 0 Å². The van der Waals surface area contributed by atoms with Crippen LogP contribution in [-0.4, -0.2) is 29.7 Å². The van der Waals surface area contributed by atoms with Crippen molar-refractivity contribution in [1.82, 2.24) is 0 Å². The number of hydrogen-bond donors (Lipinski definition) is 1. The fraction of sp³-hybridized carbons (Fsp3) is 0.840. The van der Waals surface area contributed by atoms with Gasteiger partial charge in [0, 0.05) is 18.3 Å². The van der Waals surface area contributed by atoms with E-state index in [2.05, 4.69) is 32.6 Å². The number of ether oxygens (including phenoxy) is 2. The lowest BCUT2D eigenvalue weighted by atomic mass is 9.46. The molecule has 0 amide bonds. The summed E-state index contributed by atoms with van der Waals surface area (Å²) in [4.78, 5) is 0. The number of aliphatic hydroxyl groups is 1. The van der Waals surface area contributed by atoms with Gasteiger partial charge in [0.25, 0.3) is 0 Å². The summed E-state index contributed by atoms with van der Waals surface area (Å²) in [5, 5.41) is 11.4. The van der Waals surface area contributed by atoms with E-state index in [0.717, 1.165) is 51.2 Å². The molecule has 4 fully saturated rings. The van der Waals surface area contributed by atoms with Crippen LogP contribution in [-0.2, 0) is 9.47 Å². The Morgan fingerprint density at radius 2 is 1.71 bits per heavy atom. The lowest BCUT2D eigenvalue weighted by Gasteiger charge is -2.60. The molecule has 28 heavy (non-hydrogen) atoms. The molecule has 0 bridgehead atoms. The molecule has 0 aromatic carbocycles. The minimum atomic E-state index is -0.793. The Kier molecular flexibility index (Phi) is 4.17. The van der Waals surface area contributed by atoms with E-state index in [1.807, 2.05) is 6.92 Å². The minimum absolute atomic E-state index is 0.0567. The first-order valence-electron chi connectivity index (χ1n) is 11.4. The Bertz CT molecular complexity index is 766. The van der Waals surface area contributed by atoms with Gasteiger partial charge in [-0.15, -0.1) is 5.92 Å². The van der Waals surface area contributed by atoms with E-state index in [1.54, 1.807) is 11.1 Å². The first kappa shape index (κ1) is 19.2. The highest BCUT2D eigenvalue weighted by atomic mass is 16.7. The van der Waals surface area contributed by atoms with E-state index in [1.165, 1.54) is 19.3 Å². The summed E-state index contributed by atoms with van der Waals surface area (Å²) < 4.78 is 12.2. The highest BCUT2D eigenvalue weighted by Crippen LogP contribution is 2.68. The van der Waals surface area contributed by atoms with Crippen molar-refractivity contribution in [1.29, 1.82) is 0 Å². The fourth-order valence-corrected chi connectivity index (χ4v) is 8.22. The van der Waals surface area contributed by atoms with Crippen molar-refractivity contribution in [2.45, 2.75) is 90.4 Å². The zero-order valence-electron chi connectivity index (χ0n) is 18.1. The lowest BCUT2D eigenvalue weighted by Crippen LogP contribution is -2.55. The van der Waals surface area contributed by atoms with Crippen molar-refractivity contribution in [3.8, 4) is 11.8 Å². The monoisotopic (exact) mass is 384 g/mol. The Morgan fingerprint density at radius 1 is 1.00 bits per heavy atom. The third-order valence-electron chi connectivity index (χ3n) is 9.77. The molecule has 6 atom stereocenters. The van der Waals surface area contributed by atoms with Gasteiger partial charge in [0.05, 0.1) is 13.2 Å². The quantitative estimate of drug-likeness (QED) is 0.480. The van der Waals surface area contributed by atoms with Gasteiger partial charge in [0.15, 0.2) is 5.79 Å². The SMILES string of the molecule is CC#C[C@]1(O)CC[C@H]2[C@@H]3CC(C)=C4CC5(CC[C@]4(C)[C@H]3CC[C@@]21C)OCCO5. The second kappa shape index (κ2) is 6.10. The van der Waals surface area contributed by atoms with Crippen molar-refractivity contribution in [3.05, 3.63) is 11.1 Å². The van der Waals surface area contributed by atoms with Crippen LogP contribution in [0.5, 0.6) is 0 Å². The molecule has 3 nitrogen and oxygen atoms in total. The third-order valence-corrected chi connectivity index (χ3v) is 9.77. The second-order valence-corrected chi connectivity index (χ2v) is 10.8. The van der Waals surface area contributed by atoms with Crippen LogP contribution in [0.2, 0.25) is 0 Å². The summed E-state index contributed by atoms with van der Waals surface area (Å²) in [7, 11) is 0. The number of allylic oxidation sites excluding steroid dienone is 1. The average molecular weight is 385 g/mol. The molecule has 1 spiro atoms. The predicted octanol–water partition coefficient (Wildman–Crippen LogP) is 4.84. The van der Waals surface area contributed by atoms with Crippen LogP contribution in [0.15, 0.2) is 11.1 Å². The molecule has 154 valence electrons. The number of rotatable bonds is 0. The second-order valence-electron chi connectivity index (χ2n) is 10.8. The molecule has 0 aromatic heterocycles. The molecule has 1 saturated heterocycles. The Labute approximate surface area is 170 Å². The maximum absolute atomic E-state index is 11.4. The van der Waals surface area contributed by atoms with E-state index in [0.29, 0.717) is 11.8 Å². The summed E-state index contributed by atoms with van der Waals surface area (Å²) in [5.41, 5.74) is 2.62. The van der Waals surface area contributed by atoms with E-state index in [9.17, 15) is 5.11 Å². The topological polar surface area (TPSA) is 38.7 Å². The van der Waals surface area contributed by atoms with Gasteiger partial charge in [-0.1, -0.05) is 30.9 Å². The van der Waals surface area contributed by atoms with E-state index in [4.69, 9.17) is 9.47 Å². The molecule has 4 aliphatic carbocycles. The standard InChI is InChI=1S/C25H36O3/c1-5-8-24(26)10-7-20-18-15-17(2)21-16-25(27-13-14-28-25)12-11-22(21,3)19(18)6-9-23(20,24)4/h18-20,26H,6-7,9-16H2,1-4H3/t18-,19+,20+,22-,23+,24+/m1/s1. The molecule has 0 radical (unpaired) electrons. The summed E-state index contributed by atoms with van der Waals surface area (Å²) in [6, 6.07) is 0. The van der Waals surface area contributed by atoms with Crippen LogP contribution < -0.4 is 0 Å². The molecule has 1 heterocycles. The molecule has 5 rings (SSSR count). The van der Waals surface area contributed by atoms with Crippen LogP contribution in [0.1, 0.15) is 79.1 Å². The summed E-state index contributed by atoms with van der Waals surface area (Å²) in [6.45, 7) is 10.6. The van der Waals surface area contributed by atoms with Crippen molar-refractivity contribution in [2.24, 2.45) is 28.6 Å². The zero-order chi connectivity index (χ0) is 19.8. The van der Waals surface area contributed by atoms with Crippen LogP contribution in [0, 0.1) is 40.4 Å². The highest BCUT2D eigenvalue weighted by molar-refractivity contribution is 5.33. The molecule has 1 N–H and O–H groups in total. The molecule has 0 unspecified atom stereocenters. The molecular formula is C25H36O3. The fourth-order valence-electron chi connectivity index (χ4n) is 8.22. The zero-order valence-corrected chi connectivity index (χ0v) is 18.1. The van der Waals surface area contributed by atoms with Crippen LogP contribution >= 0.6 is 0 Å². The van der Waals surface area contributed by atoms with E-state index in [-0.39, 0.29) is 16.6 Å². The summed E-state index contributed by atoms with van der Waals surface area (Å²) in [6.07, 6.45) is 8.62. The summed E-state index contributed by atoms with van der Waals surface area (Å²) in [5.74, 6) is 7.91. The normalized spacial score (nSPS) is 49.2. The van der Waals surface area contributed by atoms with Gasteiger partial charge < -0.3 is 14.6 Å². The molecule has 1 aliphatic heterocycles. The smallest absolute Gasteiger partial charge is 0.172 e. The Balaban J connectivity index is 1.50. The van der Waals surface area contributed by atoms with Gasteiger partial charge in [-0.2, -0.15) is 0 Å². The number of fused-ring (bicyclic) bond motifs is 5. The van der Waals surface area contributed by atoms with Crippen molar-refractivity contribution < 1.29 is 14.6 Å². The number of hydrogen-bond acceptors (Lipinski definition) is 3. The Morgan fingerprint density at radius 3 is 2.43 bits per heavy atom. The average Bonchev–Trinajstić information content (AvgIpc) is 3.21. The van der Waals surface area contributed by atoms with Gasteiger partial charge in [-0.3, -0.25) is 0 Å². The molecule has 3 saturated carbocycles. The van der Waals surface area contributed by atoms with Gasteiger partial charge in [0.2, 0.25) is 0 Å². The maximum atomic E-state index is 11.4. The molecule has 5 aliphatic rings. The molecule has 3 heteroatoms. The van der Waals surface area contributed by atoms with E-state index >= 15 is 0 Å². The van der Waals surface area contributed by atoms with Gasteiger partial charge >= 0.3 is 0 Å². The van der Waals surface area contributed by atoms with Crippen molar-refractivity contribution in [2.75, 3.05) is 13.2 Å². The largest absolute Gasteiger partial charge is 0.377 e. The highest BCUT2D eigenvalue weighted by Gasteiger charge is 2.64. The molecule has 0 aromatic rings. The first-order valence-corrected chi connectivity index (χ1v) is 11.4. The van der Waals surface area contributed by atoms with Crippen molar-refractivity contribution >= 4 is 0 Å². The van der Waals surface area contributed by atoms with E-state index < -0.39 is 5.60 Å². The summed E-state index contributed by atoms with van der Waals surface area (Å²) >= 11 is 0. The Hall–Kier alpha value is -0.820.